The molecule has 0 aliphatic rings. The van der Waals surface area contributed by atoms with Crippen molar-refractivity contribution in [2.75, 3.05) is 5.32 Å². The molecule has 0 aliphatic heterocycles. The molecule has 0 aliphatic carbocycles. The summed E-state index contributed by atoms with van der Waals surface area (Å²) < 4.78 is 1.58. The minimum absolute atomic E-state index is 0.116. The van der Waals surface area contributed by atoms with E-state index in [1.807, 2.05) is 20.8 Å². The second-order valence-electron chi connectivity index (χ2n) is 5.65. The van der Waals surface area contributed by atoms with Crippen LogP contribution >= 0.6 is 0 Å². The monoisotopic (exact) mass is 263 g/mol. The number of carbonyl (C=O) groups is 1. The van der Waals surface area contributed by atoms with Crippen molar-refractivity contribution in [3.8, 4) is 6.07 Å². The van der Waals surface area contributed by atoms with Crippen molar-refractivity contribution in [3.05, 3.63) is 11.3 Å². The van der Waals surface area contributed by atoms with Crippen LogP contribution in [0.5, 0.6) is 0 Å². The number of aromatic nitrogens is 2. The number of amides is 1. The number of nitriles is 1. The Kier molecular flexibility index (Phi) is 4.20. The van der Waals surface area contributed by atoms with Gasteiger partial charge in [0, 0.05) is 12.6 Å². The molecule has 0 aromatic carbocycles. The third-order valence-electron chi connectivity index (χ3n) is 2.58. The van der Waals surface area contributed by atoms with Gasteiger partial charge in [-0.2, -0.15) is 10.4 Å². The molecule has 2 N–H and O–H groups in total. The van der Waals surface area contributed by atoms with Crippen LogP contribution in [0.3, 0.4) is 0 Å². The standard InChI is InChI=1S/C13H21N5O/c1-8-10(7-14)11(18(6)17-8)15-9(2)12(19)16-13(3,4)5/h9,15H,1-6H3,(H,16,19). The summed E-state index contributed by atoms with van der Waals surface area (Å²) in [6.07, 6.45) is 0. The molecule has 1 heterocycles. The van der Waals surface area contributed by atoms with Gasteiger partial charge in [-0.05, 0) is 34.6 Å². The molecule has 0 bridgehead atoms. The predicted octanol–water partition coefficient (Wildman–Crippen LogP) is 1.32. The Morgan fingerprint density at radius 3 is 2.53 bits per heavy atom. The van der Waals surface area contributed by atoms with Crippen LogP contribution in [-0.2, 0) is 11.8 Å². The van der Waals surface area contributed by atoms with Gasteiger partial charge in [0.2, 0.25) is 5.91 Å². The van der Waals surface area contributed by atoms with Crippen LogP contribution < -0.4 is 10.6 Å². The first-order valence-electron chi connectivity index (χ1n) is 6.18. The SMILES string of the molecule is Cc1nn(C)c(NC(C)C(=O)NC(C)(C)C)c1C#N. The molecule has 6 heteroatoms. The van der Waals surface area contributed by atoms with E-state index in [9.17, 15) is 4.79 Å². The van der Waals surface area contributed by atoms with Crippen molar-refractivity contribution < 1.29 is 4.79 Å². The minimum Gasteiger partial charge on any atom is -0.358 e. The zero-order valence-electron chi connectivity index (χ0n) is 12.3. The number of nitrogens with zero attached hydrogens (tertiary/aromatic N) is 3. The second kappa shape index (κ2) is 5.31. The van der Waals surface area contributed by atoms with E-state index in [1.54, 1.807) is 25.6 Å². The predicted molar refractivity (Wildman–Crippen MR) is 73.6 cm³/mol. The van der Waals surface area contributed by atoms with Crippen LogP contribution in [0.15, 0.2) is 0 Å². The highest BCUT2D eigenvalue weighted by atomic mass is 16.2. The van der Waals surface area contributed by atoms with Gasteiger partial charge >= 0.3 is 0 Å². The fourth-order valence-electron chi connectivity index (χ4n) is 1.71. The van der Waals surface area contributed by atoms with Gasteiger partial charge in [-0.25, -0.2) is 0 Å². The molecule has 0 saturated heterocycles. The van der Waals surface area contributed by atoms with Crippen molar-refractivity contribution in [1.82, 2.24) is 15.1 Å². The van der Waals surface area contributed by atoms with Crippen LogP contribution in [0.2, 0.25) is 0 Å². The quantitative estimate of drug-likeness (QED) is 0.861. The zero-order chi connectivity index (χ0) is 14.8. The van der Waals surface area contributed by atoms with E-state index in [0.29, 0.717) is 17.1 Å². The van der Waals surface area contributed by atoms with E-state index < -0.39 is 6.04 Å². The highest BCUT2D eigenvalue weighted by molar-refractivity contribution is 5.84. The molecule has 0 saturated carbocycles. The Balaban J connectivity index is 2.86. The maximum atomic E-state index is 12.0. The Hall–Kier alpha value is -2.03. The highest BCUT2D eigenvalue weighted by Gasteiger charge is 2.22. The molecule has 19 heavy (non-hydrogen) atoms. The third-order valence-corrected chi connectivity index (χ3v) is 2.58. The number of hydrogen-bond acceptors (Lipinski definition) is 4. The minimum atomic E-state index is -0.443. The van der Waals surface area contributed by atoms with Crippen molar-refractivity contribution >= 4 is 11.7 Å². The Morgan fingerprint density at radius 1 is 1.47 bits per heavy atom. The summed E-state index contributed by atoms with van der Waals surface area (Å²) in [7, 11) is 1.74. The first kappa shape index (κ1) is 15.0. The fraction of sp³-hybridized carbons (Fsp3) is 0.615. The molecule has 0 fully saturated rings. The number of nitrogens with one attached hydrogen (secondary N) is 2. The second-order valence-corrected chi connectivity index (χ2v) is 5.65. The van der Waals surface area contributed by atoms with Gasteiger partial charge in [0.05, 0.1) is 5.69 Å². The van der Waals surface area contributed by atoms with E-state index in [2.05, 4.69) is 21.8 Å². The molecule has 0 spiro atoms. The first-order chi connectivity index (χ1) is 8.65. The van der Waals surface area contributed by atoms with Gasteiger partial charge in [-0.3, -0.25) is 9.48 Å². The van der Waals surface area contributed by atoms with Crippen molar-refractivity contribution in [2.45, 2.75) is 46.2 Å². The van der Waals surface area contributed by atoms with Crippen molar-refractivity contribution in [1.29, 1.82) is 5.26 Å². The summed E-state index contributed by atoms with van der Waals surface area (Å²) in [5.74, 6) is 0.451. The summed E-state index contributed by atoms with van der Waals surface area (Å²) in [5, 5.41) is 19.2. The normalized spacial score (nSPS) is 12.7. The molecule has 1 amide bonds. The smallest absolute Gasteiger partial charge is 0.242 e. The Bertz CT molecular complexity index is 518. The van der Waals surface area contributed by atoms with E-state index in [-0.39, 0.29) is 11.4 Å². The molecule has 1 rings (SSSR count). The number of rotatable bonds is 3. The summed E-state index contributed by atoms with van der Waals surface area (Å²) >= 11 is 0. The van der Waals surface area contributed by atoms with Crippen LogP contribution in [0.1, 0.15) is 39.0 Å². The van der Waals surface area contributed by atoms with E-state index in [1.165, 1.54) is 0 Å². The summed E-state index contributed by atoms with van der Waals surface area (Å²) in [6, 6.07) is 1.66. The van der Waals surface area contributed by atoms with Gasteiger partial charge in [0.1, 0.15) is 23.5 Å². The van der Waals surface area contributed by atoms with Crippen LogP contribution in [0.25, 0.3) is 0 Å². The molecule has 6 nitrogen and oxygen atoms in total. The topological polar surface area (TPSA) is 82.7 Å². The van der Waals surface area contributed by atoms with Gasteiger partial charge in [0.15, 0.2) is 0 Å². The molecule has 0 radical (unpaired) electrons. The summed E-state index contributed by atoms with van der Waals surface area (Å²) in [4.78, 5) is 12.0. The van der Waals surface area contributed by atoms with Crippen LogP contribution in [0.4, 0.5) is 5.82 Å². The number of anilines is 1. The largest absolute Gasteiger partial charge is 0.358 e. The maximum Gasteiger partial charge on any atom is 0.242 e. The van der Waals surface area contributed by atoms with Gasteiger partial charge in [-0.1, -0.05) is 0 Å². The van der Waals surface area contributed by atoms with E-state index in [0.717, 1.165) is 0 Å². The van der Waals surface area contributed by atoms with Crippen LogP contribution in [0, 0.1) is 18.3 Å². The lowest BCUT2D eigenvalue weighted by atomic mass is 10.1. The number of aryl methyl sites for hydroxylation is 2. The first-order valence-corrected chi connectivity index (χ1v) is 6.18. The molecule has 1 unspecified atom stereocenters. The molecule has 1 aromatic heterocycles. The molecule has 1 aromatic rings. The molecular weight excluding hydrogens is 242 g/mol. The third kappa shape index (κ3) is 3.71. The molecule has 104 valence electrons. The molecular formula is C13H21N5O. The van der Waals surface area contributed by atoms with Gasteiger partial charge in [0.25, 0.3) is 0 Å². The van der Waals surface area contributed by atoms with E-state index >= 15 is 0 Å². The maximum absolute atomic E-state index is 12.0. The lowest BCUT2D eigenvalue weighted by Gasteiger charge is -2.24. The van der Waals surface area contributed by atoms with Crippen LogP contribution in [-0.4, -0.2) is 27.3 Å². The van der Waals surface area contributed by atoms with Crippen molar-refractivity contribution in [2.24, 2.45) is 7.05 Å². The lowest BCUT2D eigenvalue weighted by Crippen LogP contribution is -2.47. The van der Waals surface area contributed by atoms with Gasteiger partial charge in [-0.15, -0.1) is 0 Å². The Labute approximate surface area is 113 Å². The Morgan fingerprint density at radius 2 is 2.05 bits per heavy atom. The molecule has 1 atom stereocenters. The average Bonchev–Trinajstić information content (AvgIpc) is 2.51. The average molecular weight is 263 g/mol. The highest BCUT2D eigenvalue weighted by Crippen LogP contribution is 2.18. The number of hydrogen-bond donors (Lipinski definition) is 2. The van der Waals surface area contributed by atoms with Crippen molar-refractivity contribution in [3.63, 3.8) is 0 Å². The summed E-state index contributed by atoms with van der Waals surface area (Å²) in [6.45, 7) is 9.29. The van der Waals surface area contributed by atoms with Gasteiger partial charge < -0.3 is 10.6 Å². The summed E-state index contributed by atoms with van der Waals surface area (Å²) in [5.41, 5.74) is 0.835. The number of carbonyl (C=O) groups excluding carboxylic acids is 1. The zero-order valence-corrected chi connectivity index (χ0v) is 12.3. The fourth-order valence-corrected chi connectivity index (χ4v) is 1.71. The lowest BCUT2D eigenvalue weighted by molar-refractivity contribution is -0.122. The van der Waals surface area contributed by atoms with E-state index in [4.69, 9.17) is 5.26 Å².